The maximum atomic E-state index is 12.8. The van der Waals surface area contributed by atoms with E-state index in [2.05, 4.69) is 16.5 Å². The van der Waals surface area contributed by atoms with Crippen molar-refractivity contribution in [2.75, 3.05) is 33.3 Å². The third-order valence-electron chi connectivity index (χ3n) is 5.12. The normalized spacial score (nSPS) is 19.1. The zero-order valence-electron chi connectivity index (χ0n) is 16.8. The second-order valence-corrected chi connectivity index (χ2v) is 9.55. The van der Waals surface area contributed by atoms with E-state index < -0.39 is 10.0 Å². The van der Waals surface area contributed by atoms with E-state index >= 15 is 0 Å². The summed E-state index contributed by atoms with van der Waals surface area (Å²) in [6.45, 7) is 11.9. The Hall–Kier alpha value is -1.11. The number of nitrogens with one attached hydrogen (secondary N) is 1. The van der Waals surface area contributed by atoms with Gasteiger partial charge in [0.25, 0.3) is 0 Å². The molecule has 0 radical (unpaired) electrons. The summed E-state index contributed by atoms with van der Waals surface area (Å²) in [4.78, 5) is 2.80. The lowest BCUT2D eigenvalue weighted by molar-refractivity contribution is 0.182. The topological polar surface area (TPSA) is 58.6 Å². The average Bonchev–Trinajstić information content (AvgIpc) is 2.58. The Bertz CT molecular complexity index is 701. The highest BCUT2D eigenvalue weighted by Crippen LogP contribution is 2.31. The number of piperidine rings is 1. The van der Waals surface area contributed by atoms with Gasteiger partial charge in [0.1, 0.15) is 5.75 Å². The van der Waals surface area contributed by atoms with Crippen molar-refractivity contribution in [1.29, 1.82) is 0 Å². The lowest BCUT2D eigenvalue weighted by Crippen LogP contribution is -2.36. The predicted molar refractivity (Wildman–Crippen MR) is 106 cm³/mol. The zero-order valence-corrected chi connectivity index (χ0v) is 17.7. The molecule has 1 aliphatic heterocycles. The van der Waals surface area contributed by atoms with Gasteiger partial charge in [-0.25, -0.2) is 13.1 Å². The Morgan fingerprint density at radius 2 is 2.08 bits per heavy atom. The Labute approximate surface area is 159 Å². The third kappa shape index (κ3) is 5.44. The second-order valence-electron chi connectivity index (χ2n) is 7.81. The summed E-state index contributed by atoms with van der Waals surface area (Å²) >= 11 is 0. The number of methoxy groups -OCH3 is 1. The number of rotatable bonds is 8. The van der Waals surface area contributed by atoms with Gasteiger partial charge in [-0.1, -0.05) is 20.8 Å². The fraction of sp³-hybridized carbons (Fsp3) is 0.700. The molecule has 1 atom stereocenters. The van der Waals surface area contributed by atoms with Crippen LogP contribution < -0.4 is 9.46 Å². The van der Waals surface area contributed by atoms with Crippen LogP contribution in [-0.4, -0.2) is 46.6 Å². The first-order valence-electron chi connectivity index (χ1n) is 9.65. The first-order chi connectivity index (χ1) is 12.2. The highest BCUT2D eigenvalue weighted by Gasteiger charge is 2.21. The molecule has 0 unspecified atom stereocenters. The first kappa shape index (κ1) is 21.2. The highest BCUT2D eigenvalue weighted by molar-refractivity contribution is 7.89. The fourth-order valence-electron chi connectivity index (χ4n) is 3.67. The van der Waals surface area contributed by atoms with Gasteiger partial charge in [0.2, 0.25) is 10.0 Å². The average molecular weight is 383 g/mol. The molecule has 1 heterocycles. The number of ether oxygens (including phenoxy) is 1. The molecule has 0 aromatic heterocycles. The van der Waals surface area contributed by atoms with Gasteiger partial charge >= 0.3 is 0 Å². The molecule has 0 bridgehead atoms. The van der Waals surface area contributed by atoms with Crippen LogP contribution in [0.15, 0.2) is 17.0 Å². The SMILES string of the molecule is COc1cc(C)c(S(=O)(=O)NCCCN2CCC[C@@H](C)C2)cc1C(C)C. The van der Waals surface area contributed by atoms with Gasteiger partial charge in [-0.2, -0.15) is 0 Å². The molecular weight excluding hydrogens is 348 g/mol. The minimum atomic E-state index is -3.51. The smallest absolute Gasteiger partial charge is 0.240 e. The van der Waals surface area contributed by atoms with Crippen LogP contribution in [0.1, 0.15) is 57.1 Å². The molecule has 0 spiro atoms. The third-order valence-corrected chi connectivity index (χ3v) is 6.73. The molecular formula is C20H34N2O3S. The van der Waals surface area contributed by atoms with Gasteiger partial charge < -0.3 is 9.64 Å². The van der Waals surface area contributed by atoms with E-state index in [0.717, 1.165) is 43.3 Å². The number of likely N-dealkylation sites (tertiary alicyclic amines) is 1. The van der Waals surface area contributed by atoms with E-state index in [4.69, 9.17) is 4.74 Å². The van der Waals surface area contributed by atoms with Crippen LogP contribution in [0.4, 0.5) is 0 Å². The Kier molecular flexibility index (Phi) is 7.50. The van der Waals surface area contributed by atoms with Crippen molar-refractivity contribution in [2.24, 2.45) is 5.92 Å². The number of nitrogens with zero attached hydrogens (tertiary/aromatic N) is 1. The monoisotopic (exact) mass is 382 g/mol. The molecule has 2 rings (SSSR count). The Morgan fingerprint density at radius 3 is 2.69 bits per heavy atom. The van der Waals surface area contributed by atoms with Crippen molar-refractivity contribution in [3.05, 3.63) is 23.3 Å². The number of hydrogen-bond donors (Lipinski definition) is 1. The van der Waals surface area contributed by atoms with Gasteiger partial charge in [-0.15, -0.1) is 0 Å². The van der Waals surface area contributed by atoms with E-state index in [1.54, 1.807) is 13.2 Å². The molecule has 1 aliphatic rings. The summed E-state index contributed by atoms with van der Waals surface area (Å²) in [7, 11) is -1.89. The minimum Gasteiger partial charge on any atom is -0.496 e. The van der Waals surface area contributed by atoms with Gasteiger partial charge in [-0.05, 0) is 74.4 Å². The zero-order chi connectivity index (χ0) is 19.3. The van der Waals surface area contributed by atoms with E-state index in [9.17, 15) is 8.42 Å². The van der Waals surface area contributed by atoms with Crippen molar-refractivity contribution in [3.63, 3.8) is 0 Å². The molecule has 0 saturated carbocycles. The van der Waals surface area contributed by atoms with Gasteiger partial charge in [0.15, 0.2) is 0 Å². The van der Waals surface area contributed by atoms with E-state index in [0.29, 0.717) is 17.0 Å². The largest absolute Gasteiger partial charge is 0.496 e. The lowest BCUT2D eigenvalue weighted by atomic mass is 10.0. The fourth-order valence-corrected chi connectivity index (χ4v) is 5.01. The molecule has 148 valence electrons. The molecule has 6 heteroatoms. The van der Waals surface area contributed by atoms with Crippen LogP contribution in [0.5, 0.6) is 5.75 Å². The summed E-state index contributed by atoms with van der Waals surface area (Å²) in [6.07, 6.45) is 3.38. The number of benzene rings is 1. The molecule has 1 saturated heterocycles. The molecule has 1 aromatic rings. The summed E-state index contributed by atoms with van der Waals surface area (Å²) < 4.78 is 33.7. The maximum absolute atomic E-state index is 12.8. The van der Waals surface area contributed by atoms with Crippen molar-refractivity contribution in [1.82, 2.24) is 9.62 Å². The van der Waals surface area contributed by atoms with Gasteiger partial charge in [0, 0.05) is 13.1 Å². The van der Waals surface area contributed by atoms with Crippen LogP contribution in [-0.2, 0) is 10.0 Å². The van der Waals surface area contributed by atoms with Crippen molar-refractivity contribution in [2.45, 2.75) is 57.8 Å². The van der Waals surface area contributed by atoms with Crippen molar-refractivity contribution in [3.8, 4) is 5.75 Å². The van der Waals surface area contributed by atoms with Crippen LogP contribution in [0, 0.1) is 12.8 Å². The summed E-state index contributed by atoms with van der Waals surface area (Å²) in [5.41, 5.74) is 1.63. The first-order valence-corrected chi connectivity index (χ1v) is 11.1. The Morgan fingerprint density at radius 1 is 1.35 bits per heavy atom. The number of sulfonamides is 1. The van der Waals surface area contributed by atoms with Crippen LogP contribution >= 0.6 is 0 Å². The summed E-state index contributed by atoms with van der Waals surface area (Å²) in [5.74, 6) is 1.69. The second kappa shape index (κ2) is 9.20. The van der Waals surface area contributed by atoms with Crippen LogP contribution in [0.25, 0.3) is 0 Å². The molecule has 5 nitrogen and oxygen atoms in total. The number of aryl methyl sites for hydroxylation is 1. The van der Waals surface area contributed by atoms with E-state index in [-0.39, 0.29) is 5.92 Å². The lowest BCUT2D eigenvalue weighted by Gasteiger charge is -2.30. The van der Waals surface area contributed by atoms with Gasteiger partial charge in [-0.3, -0.25) is 0 Å². The van der Waals surface area contributed by atoms with E-state index in [1.807, 2.05) is 26.8 Å². The minimum absolute atomic E-state index is 0.195. The van der Waals surface area contributed by atoms with Crippen LogP contribution in [0.3, 0.4) is 0 Å². The molecule has 26 heavy (non-hydrogen) atoms. The van der Waals surface area contributed by atoms with Crippen molar-refractivity contribution < 1.29 is 13.2 Å². The van der Waals surface area contributed by atoms with Gasteiger partial charge in [0.05, 0.1) is 12.0 Å². The molecule has 1 N–H and O–H groups in total. The summed E-state index contributed by atoms with van der Waals surface area (Å²) in [5, 5.41) is 0. The van der Waals surface area contributed by atoms with Crippen molar-refractivity contribution >= 4 is 10.0 Å². The molecule has 1 aromatic carbocycles. The maximum Gasteiger partial charge on any atom is 0.240 e. The standard InChI is InChI=1S/C20H34N2O3S/c1-15(2)18-13-20(17(4)12-19(18)25-5)26(23,24)21-9-7-11-22-10-6-8-16(3)14-22/h12-13,15-16,21H,6-11,14H2,1-5H3/t16-/m1/s1. The predicted octanol–water partition coefficient (Wildman–Crippen LogP) is 3.53. The Balaban J connectivity index is 2.00. The molecule has 0 amide bonds. The molecule has 1 fully saturated rings. The van der Waals surface area contributed by atoms with E-state index in [1.165, 1.54) is 12.8 Å². The quantitative estimate of drug-likeness (QED) is 0.699. The highest BCUT2D eigenvalue weighted by atomic mass is 32.2. The molecule has 0 aliphatic carbocycles. The van der Waals surface area contributed by atoms with Crippen LogP contribution in [0.2, 0.25) is 0 Å². The number of hydrogen-bond acceptors (Lipinski definition) is 4. The summed E-state index contributed by atoms with van der Waals surface area (Å²) in [6, 6.07) is 3.58.